The van der Waals surface area contributed by atoms with Crippen molar-refractivity contribution in [1.82, 2.24) is 0 Å². The summed E-state index contributed by atoms with van der Waals surface area (Å²) < 4.78 is 9.87. The molecule has 0 aromatic rings. The van der Waals surface area contributed by atoms with Gasteiger partial charge in [-0.1, -0.05) is 0 Å². The maximum Gasteiger partial charge on any atom is 0.378 e. The predicted octanol–water partition coefficient (Wildman–Crippen LogP) is -4.19. The van der Waals surface area contributed by atoms with Gasteiger partial charge in [-0.15, -0.1) is 0 Å². The molecule has 7 atom stereocenters. The van der Waals surface area contributed by atoms with Gasteiger partial charge in [0.05, 0.1) is 13.2 Å². The van der Waals surface area contributed by atoms with E-state index >= 15 is 0 Å². The van der Waals surface area contributed by atoms with Crippen molar-refractivity contribution in [2.45, 2.75) is 42.2 Å². The fourth-order valence-corrected chi connectivity index (χ4v) is 2.73. The molecule has 2 rings (SSSR count). The number of hydrogen-bond acceptors (Lipinski definition) is 11. The molecule has 2 aliphatic rings. The predicted molar refractivity (Wildman–Crippen MR) is 68.0 cm³/mol. The Morgan fingerprint density at radius 3 is 2.13 bits per heavy atom. The van der Waals surface area contributed by atoms with Gasteiger partial charge in [-0.25, -0.2) is 4.79 Å². The zero-order valence-corrected chi connectivity index (χ0v) is 11.7. The average molecular weight is 338 g/mol. The summed E-state index contributed by atoms with van der Waals surface area (Å²) in [6.45, 7) is -1.88. The molecule has 1 saturated heterocycles. The van der Waals surface area contributed by atoms with Crippen LogP contribution in [0, 0.1) is 0 Å². The Morgan fingerprint density at radius 2 is 1.70 bits per heavy atom. The summed E-state index contributed by atoms with van der Waals surface area (Å²) in [5.74, 6) is -3.94. The summed E-state index contributed by atoms with van der Waals surface area (Å²) in [6.07, 6.45) is -11.0. The van der Waals surface area contributed by atoms with Gasteiger partial charge in [0.25, 0.3) is 0 Å². The molecule has 11 nitrogen and oxygen atoms in total. The highest BCUT2D eigenvalue weighted by Crippen LogP contribution is 2.42. The number of aliphatic hydroxyl groups excluding tert-OH is 8. The molecule has 2 aliphatic heterocycles. The van der Waals surface area contributed by atoms with Crippen molar-refractivity contribution in [1.29, 1.82) is 0 Å². The second-order valence-electron chi connectivity index (χ2n) is 5.33. The van der Waals surface area contributed by atoms with E-state index in [2.05, 4.69) is 0 Å². The van der Waals surface area contributed by atoms with Crippen LogP contribution >= 0.6 is 0 Å². The highest BCUT2D eigenvalue weighted by molar-refractivity contribution is 5.90. The van der Waals surface area contributed by atoms with E-state index in [1.807, 2.05) is 0 Å². The average Bonchev–Trinajstić information content (AvgIpc) is 2.77. The minimum atomic E-state index is -2.62. The number of cyclic esters (lactones) is 1. The molecule has 0 aromatic heterocycles. The van der Waals surface area contributed by atoms with Gasteiger partial charge in [-0.05, 0) is 0 Å². The first kappa shape index (κ1) is 17.9. The van der Waals surface area contributed by atoms with Crippen molar-refractivity contribution in [3.63, 3.8) is 0 Å². The van der Waals surface area contributed by atoms with Gasteiger partial charge in [0.15, 0.2) is 5.76 Å². The van der Waals surface area contributed by atoms with Crippen LogP contribution in [0.2, 0.25) is 0 Å². The zero-order valence-electron chi connectivity index (χ0n) is 11.7. The maximum atomic E-state index is 11.5. The maximum absolute atomic E-state index is 11.5. The van der Waals surface area contributed by atoms with E-state index in [4.69, 9.17) is 19.7 Å². The Morgan fingerprint density at radius 1 is 1.09 bits per heavy atom. The molecule has 0 amide bonds. The molecular formula is C12H18O11. The van der Waals surface area contributed by atoms with E-state index in [0.29, 0.717) is 0 Å². The van der Waals surface area contributed by atoms with Gasteiger partial charge in [0, 0.05) is 0 Å². The van der Waals surface area contributed by atoms with Gasteiger partial charge in [0.1, 0.15) is 36.6 Å². The molecule has 23 heavy (non-hydrogen) atoms. The highest BCUT2D eigenvalue weighted by Gasteiger charge is 2.65. The molecular weight excluding hydrogens is 320 g/mol. The van der Waals surface area contributed by atoms with Crippen molar-refractivity contribution in [2.24, 2.45) is 0 Å². The molecule has 0 spiro atoms. The monoisotopic (exact) mass is 338 g/mol. The van der Waals surface area contributed by atoms with Gasteiger partial charge >= 0.3 is 5.97 Å². The lowest BCUT2D eigenvalue weighted by atomic mass is 9.80. The summed E-state index contributed by atoms with van der Waals surface area (Å²) in [5, 5.41) is 77.3. The molecule has 0 aromatic carbocycles. The van der Waals surface area contributed by atoms with Crippen LogP contribution in [0.1, 0.15) is 0 Å². The first-order chi connectivity index (χ1) is 10.7. The van der Waals surface area contributed by atoms with Crippen LogP contribution in [0.4, 0.5) is 0 Å². The number of hydrogen-bond donors (Lipinski definition) is 8. The quantitative estimate of drug-likeness (QED) is 0.231. The van der Waals surface area contributed by atoms with Gasteiger partial charge in [-0.3, -0.25) is 0 Å². The number of carbonyl (C=O) groups is 1. The van der Waals surface area contributed by atoms with Gasteiger partial charge in [0.2, 0.25) is 11.4 Å². The second kappa shape index (κ2) is 6.20. The summed E-state index contributed by atoms with van der Waals surface area (Å²) in [4.78, 5) is 11.5. The summed E-state index contributed by atoms with van der Waals surface area (Å²) in [5.41, 5.74) is -2.62. The Balaban J connectivity index is 2.51. The number of carbonyl (C=O) groups excluding carboxylic acids is 1. The topological polar surface area (TPSA) is 197 Å². The van der Waals surface area contributed by atoms with E-state index in [-0.39, 0.29) is 0 Å². The summed E-state index contributed by atoms with van der Waals surface area (Å²) in [7, 11) is 0. The molecule has 8 N–H and O–H groups in total. The first-order valence-electron chi connectivity index (χ1n) is 6.67. The molecule has 0 saturated carbocycles. The third-order valence-electron chi connectivity index (χ3n) is 4.03. The van der Waals surface area contributed by atoms with E-state index in [1.54, 1.807) is 0 Å². The Labute approximate surface area is 129 Å². The second-order valence-corrected chi connectivity index (χ2v) is 5.33. The van der Waals surface area contributed by atoms with Crippen molar-refractivity contribution < 1.29 is 55.1 Å². The fraction of sp³-hybridized carbons (Fsp3) is 0.750. The molecule has 0 bridgehead atoms. The molecule has 0 aliphatic carbocycles. The normalized spacial score (nSPS) is 42.7. The van der Waals surface area contributed by atoms with Crippen molar-refractivity contribution in [3.05, 3.63) is 11.5 Å². The molecule has 2 heterocycles. The minimum Gasteiger partial charge on any atom is -0.505 e. The summed E-state index contributed by atoms with van der Waals surface area (Å²) in [6, 6.07) is 0. The number of rotatable bonds is 4. The Hall–Kier alpha value is -1.47. The van der Waals surface area contributed by atoms with Crippen LogP contribution in [-0.2, 0) is 14.3 Å². The van der Waals surface area contributed by atoms with Crippen molar-refractivity contribution >= 4 is 5.97 Å². The number of ether oxygens (including phenoxy) is 2. The van der Waals surface area contributed by atoms with E-state index in [0.717, 1.165) is 0 Å². The zero-order chi connectivity index (χ0) is 17.5. The van der Waals surface area contributed by atoms with E-state index in [9.17, 15) is 35.4 Å². The van der Waals surface area contributed by atoms with Crippen LogP contribution in [-0.4, -0.2) is 102 Å². The number of aliphatic hydroxyl groups is 8. The van der Waals surface area contributed by atoms with E-state index < -0.39 is 72.9 Å². The van der Waals surface area contributed by atoms with Crippen molar-refractivity contribution in [2.75, 3.05) is 13.2 Å². The Kier molecular flexibility index (Phi) is 4.82. The van der Waals surface area contributed by atoms with Crippen LogP contribution in [0.25, 0.3) is 0 Å². The highest BCUT2D eigenvalue weighted by atomic mass is 16.6. The fourth-order valence-electron chi connectivity index (χ4n) is 2.73. The molecule has 132 valence electrons. The van der Waals surface area contributed by atoms with Crippen LogP contribution < -0.4 is 0 Å². The largest absolute Gasteiger partial charge is 0.505 e. The SMILES string of the molecule is O=C1O[C@@]([C@@H](O)CO)([C@H]2O[C@H](CO)[C@@H](O)[C@H](O)[C@H]2O)C(O)=C1O. The smallest absolute Gasteiger partial charge is 0.378 e. The minimum absolute atomic E-state index is 0.808. The molecule has 0 unspecified atom stereocenters. The lowest BCUT2D eigenvalue weighted by molar-refractivity contribution is -0.283. The molecule has 0 radical (unpaired) electrons. The van der Waals surface area contributed by atoms with Crippen LogP contribution in [0.5, 0.6) is 0 Å². The lowest BCUT2D eigenvalue weighted by Crippen LogP contribution is -2.69. The van der Waals surface area contributed by atoms with Gasteiger partial charge < -0.3 is 50.3 Å². The van der Waals surface area contributed by atoms with E-state index in [1.165, 1.54) is 0 Å². The summed E-state index contributed by atoms with van der Waals surface area (Å²) >= 11 is 0. The first-order valence-corrected chi connectivity index (χ1v) is 6.67. The lowest BCUT2D eigenvalue weighted by Gasteiger charge is -2.47. The van der Waals surface area contributed by atoms with Crippen LogP contribution in [0.15, 0.2) is 11.5 Å². The van der Waals surface area contributed by atoms with Gasteiger partial charge in [-0.2, -0.15) is 0 Å². The standard InChI is InChI=1S/C12H18O11/c13-1-3-5(16)6(17)7(18)10(22-3)12(4(15)2-14)9(20)8(19)11(21)23-12/h3-7,10,13-20H,1-2H2/t3-,4+,5-,6+,7-,10+,12-/m1/s1. The Bertz CT molecular complexity index is 503. The third-order valence-corrected chi connectivity index (χ3v) is 4.03. The number of esters is 1. The molecule has 1 fully saturated rings. The van der Waals surface area contributed by atoms with Crippen molar-refractivity contribution in [3.8, 4) is 0 Å². The van der Waals surface area contributed by atoms with Crippen LogP contribution in [0.3, 0.4) is 0 Å². The third kappa shape index (κ3) is 2.46. The molecule has 11 heteroatoms.